The monoisotopic (exact) mass is 266 g/mol. The van der Waals surface area contributed by atoms with E-state index in [0.29, 0.717) is 28.5 Å². The van der Waals surface area contributed by atoms with Crippen molar-refractivity contribution in [3.63, 3.8) is 0 Å². The third-order valence-electron chi connectivity index (χ3n) is 2.76. The highest BCUT2D eigenvalue weighted by Gasteiger charge is 2.07. The van der Waals surface area contributed by atoms with Gasteiger partial charge >= 0.3 is 0 Å². The molecule has 2 aromatic rings. The summed E-state index contributed by atoms with van der Waals surface area (Å²) in [5.74, 6) is 0.538. The van der Waals surface area contributed by atoms with Gasteiger partial charge < -0.3 is 9.30 Å². The molecule has 2 aromatic heterocycles. The molecule has 0 fully saturated rings. The van der Waals surface area contributed by atoms with Crippen molar-refractivity contribution in [3.8, 4) is 5.88 Å². The van der Waals surface area contributed by atoms with Crippen molar-refractivity contribution in [1.29, 1.82) is 0 Å². The molecule has 0 aliphatic heterocycles. The minimum absolute atomic E-state index is 0.144. The second-order valence-electron chi connectivity index (χ2n) is 4.11. The van der Waals surface area contributed by atoms with E-state index in [-0.39, 0.29) is 5.56 Å². The molecule has 4 nitrogen and oxygen atoms in total. The van der Waals surface area contributed by atoms with E-state index in [9.17, 15) is 4.79 Å². The number of fused-ring (bicyclic) bond motifs is 1. The summed E-state index contributed by atoms with van der Waals surface area (Å²) in [4.78, 5) is 15.9. The van der Waals surface area contributed by atoms with Crippen LogP contribution in [0, 0.1) is 0 Å². The van der Waals surface area contributed by atoms with Crippen LogP contribution < -0.4 is 10.3 Å². The van der Waals surface area contributed by atoms with Gasteiger partial charge in [0.05, 0.1) is 17.1 Å². The minimum Gasteiger partial charge on any atom is -0.478 e. The van der Waals surface area contributed by atoms with Gasteiger partial charge in [-0.25, -0.2) is 4.98 Å². The Bertz CT molecular complexity index is 622. The molecule has 5 heteroatoms. The van der Waals surface area contributed by atoms with Crippen LogP contribution in [0.15, 0.2) is 23.0 Å². The molecular formula is C13H15ClN2O2. The Kier molecular flexibility index (Phi) is 3.87. The van der Waals surface area contributed by atoms with Gasteiger partial charge in [-0.15, -0.1) is 0 Å². The van der Waals surface area contributed by atoms with Crippen LogP contribution in [0.1, 0.15) is 19.8 Å². The summed E-state index contributed by atoms with van der Waals surface area (Å²) in [5.41, 5.74) is 1.15. The highest BCUT2D eigenvalue weighted by Crippen LogP contribution is 2.21. The molecular weight excluding hydrogens is 252 g/mol. The standard InChI is InChI=1S/C13H15ClN2O2/c1-3-4-7-18-11-6-5-10-13(15-11)9(14)8-12(17)16(10)2/h5-6,8H,3-4,7H2,1-2H3. The molecule has 96 valence electrons. The van der Waals surface area contributed by atoms with Gasteiger partial charge in [-0.2, -0.15) is 0 Å². The summed E-state index contributed by atoms with van der Waals surface area (Å²) in [6.07, 6.45) is 2.06. The highest BCUT2D eigenvalue weighted by atomic mass is 35.5. The van der Waals surface area contributed by atoms with Crippen LogP contribution in [0.5, 0.6) is 5.88 Å². The average molecular weight is 267 g/mol. The van der Waals surface area contributed by atoms with Crippen LogP contribution in [0.3, 0.4) is 0 Å². The number of pyridine rings is 2. The lowest BCUT2D eigenvalue weighted by Gasteiger charge is -2.08. The van der Waals surface area contributed by atoms with Gasteiger partial charge in [0, 0.05) is 19.2 Å². The molecule has 0 radical (unpaired) electrons. The third-order valence-corrected chi connectivity index (χ3v) is 3.05. The predicted molar refractivity (Wildman–Crippen MR) is 72.4 cm³/mol. The van der Waals surface area contributed by atoms with E-state index in [4.69, 9.17) is 16.3 Å². The number of halogens is 1. The fourth-order valence-corrected chi connectivity index (χ4v) is 1.91. The molecule has 0 aliphatic rings. The van der Waals surface area contributed by atoms with Crippen molar-refractivity contribution in [3.05, 3.63) is 33.6 Å². The largest absolute Gasteiger partial charge is 0.478 e. The van der Waals surface area contributed by atoms with E-state index >= 15 is 0 Å². The first-order valence-electron chi connectivity index (χ1n) is 5.92. The zero-order valence-electron chi connectivity index (χ0n) is 10.4. The second-order valence-corrected chi connectivity index (χ2v) is 4.52. The van der Waals surface area contributed by atoms with Crippen LogP contribution in [0.2, 0.25) is 5.02 Å². The Morgan fingerprint density at radius 3 is 2.94 bits per heavy atom. The maximum atomic E-state index is 11.6. The smallest absolute Gasteiger partial charge is 0.252 e. The van der Waals surface area contributed by atoms with E-state index in [2.05, 4.69) is 11.9 Å². The molecule has 0 unspecified atom stereocenters. The fourth-order valence-electron chi connectivity index (χ4n) is 1.67. The number of hydrogen-bond donors (Lipinski definition) is 0. The lowest BCUT2D eigenvalue weighted by Crippen LogP contribution is -2.16. The topological polar surface area (TPSA) is 44.1 Å². The Labute approximate surface area is 110 Å². The Morgan fingerprint density at radius 2 is 2.22 bits per heavy atom. The van der Waals surface area contributed by atoms with E-state index in [1.54, 1.807) is 19.2 Å². The number of hydrogen-bond acceptors (Lipinski definition) is 3. The Morgan fingerprint density at radius 1 is 1.44 bits per heavy atom. The first kappa shape index (κ1) is 12.9. The van der Waals surface area contributed by atoms with Gasteiger partial charge in [0.1, 0.15) is 5.52 Å². The lowest BCUT2D eigenvalue weighted by atomic mass is 10.3. The van der Waals surface area contributed by atoms with Crippen molar-refractivity contribution < 1.29 is 4.74 Å². The van der Waals surface area contributed by atoms with E-state index in [1.807, 2.05) is 0 Å². The number of aromatic nitrogens is 2. The minimum atomic E-state index is -0.144. The molecule has 0 amide bonds. The molecule has 18 heavy (non-hydrogen) atoms. The van der Waals surface area contributed by atoms with Crippen molar-refractivity contribution in [2.75, 3.05) is 6.61 Å². The van der Waals surface area contributed by atoms with Crippen LogP contribution in [-0.2, 0) is 7.05 Å². The molecule has 2 rings (SSSR count). The molecule has 2 heterocycles. The molecule has 0 bridgehead atoms. The van der Waals surface area contributed by atoms with Gasteiger partial charge in [-0.1, -0.05) is 24.9 Å². The average Bonchev–Trinajstić information content (AvgIpc) is 2.36. The summed E-state index contributed by atoms with van der Waals surface area (Å²) < 4.78 is 7.04. The zero-order chi connectivity index (χ0) is 13.1. The van der Waals surface area contributed by atoms with E-state index in [1.165, 1.54) is 10.6 Å². The van der Waals surface area contributed by atoms with Crippen molar-refractivity contribution >= 4 is 22.6 Å². The Balaban J connectivity index is 2.42. The summed E-state index contributed by atoms with van der Waals surface area (Å²) in [6.45, 7) is 2.74. The van der Waals surface area contributed by atoms with Crippen LogP contribution in [0.25, 0.3) is 11.0 Å². The predicted octanol–water partition coefficient (Wildman–Crippen LogP) is 2.77. The first-order chi connectivity index (χ1) is 8.63. The van der Waals surface area contributed by atoms with Gasteiger partial charge in [0.15, 0.2) is 0 Å². The summed E-state index contributed by atoms with van der Waals surface area (Å²) >= 11 is 6.04. The Hall–Kier alpha value is -1.55. The quantitative estimate of drug-likeness (QED) is 0.800. The van der Waals surface area contributed by atoms with Gasteiger partial charge in [-0.3, -0.25) is 4.79 Å². The number of unbranched alkanes of at least 4 members (excludes halogenated alkanes) is 1. The van der Waals surface area contributed by atoms with Crippen molar-refractivity contribution in [1.82, 2.24) is 9.55 Å². The zero-order valence-corrected chi connectivity index (χ0v) is 11.2. The summed E-state index contributed by atoms with van der Waals surface area (Å²) in [6, 6.07) is 4.93. The van der Waals surface area contributed by atoms with Gasteiger partial charge in [0.25, 0.3) is 5.56 Å². The number of aryl methyl sites for hydroxylation is 1. The summed E-state index contributed by atoms with van der Waals surface area (Å²) in [5, 5.41) is 0.356. The van der Waals surface area contributed by atoms with Crippen LogP contribution in [0.4, 0.5) is 0 Å². The molecule has 0 saturated heterocycles. The molecule has 0 N–H and O–H groups in total. The van der Waals surface area contributed by atoms with Crippen molar-refractivity contribution in [2.45, 2.75) is 19.8 Å². The van der Waals surface area contributed by atoms with Gasteiger partial charge in [-0.05, 0) is 12.5 Å². The van der Waals surface area contributed by atoms with E-state index < -0.39 is 0 Å². The van der Waals surface area contributed by atoms with Crippen LogP contribution >= 0.6 is 11.6 Å². The lowest BCUT2D eigenvalue weighted by molar-refractivity contribution is 0.299. The molecule has 0 aromatic carbocycles. The number of nitrogens with zero attached hydrogens (tertiary/aromatic N) is 2. The molecule has 0 saturated carbocycles. The van der Waals surface area contributed by atoms with Crippen molar-refractivity contribution in [2.24, 2.45) is 7.05 Å². The van der Waals surface area contributed by atoms with E-state index in [0.717, 1.165) is 12.8 Å². The molecule has 0 atom stereocenters. The summed E-state index contributed by atoms with van der Waals surface area (Å²) in [7, 11) is 1.69. The van der Waals surface area contributed by atoms with Crippen LogP contribution in [-0.4, -0.2) is 16.2 Å². The SMILES string of the molecule is CCCCOc1ccc2c(n1)c(Cl)cc(=O)n2C. The number of rotatable bonds is 4. The fraction of sp³-hybridized carbons (Fsp3) is 0.385. The third kappa shape index (κ3) is 2.48. The molecule has 0 spiro atoms. The highest BCUT2D eigenvalue weighted by molar-refractivity contribution is 6.34. The number of ether oxygens (including phenoxy) is 1. The maximum absolute atomic E-state index is 11.6. The first-order valence-corrected chi connectivity index (χ1v) is 6.30. The second kappa shape index (κ2) is 5.40. The van der Waals surface area contributed by atoms with Gasteiger partial charge in [0.2, 0.25) is 5.88 Å². The normalized spacial score (nSPS) is 10.8. The molecule has 0 aliphatic carbocycles. The maximum Gasteiger partial charge on any atom is 0.252 e.